The first-order chi connectivity index (χ1) is 17.0. The first-order valence-electron chi connectivity index (χ1n) is 12.0. The Bertz CT molecular complexity index is 1370. The highest BCUT2D eigenvalue weighted by Crippen LogP contribution is 2.21. The van der Waals surface area contributed by atoms with Gasteiger partial charge in [-0.15, -0.1) is 0 Å². The van der Waals surface area contributed by atoms with Gasteiger partial charge in [0.2, 0.25) is 11.8 Å². The lowest BCUT2D eigenvalue weighted by atomic mass is 9.95. The van der Waals surface area contributed by atoms with Crippen molar-refractivity contribution in [1.29, 1.82) is 0 Å². The summed E-state index contributed by atoms with van der Waals surface area (Å²) in [6.07, 6.45) is 2.90. The fraction of sp³-hybridized carbons (Fsp3) is 0.241. The summed E-state index contributed by atoms with van der Waals surface area (Å²) >= 11 is 0. The van der Waals surface area contributed by atoms with Crippen molar-refractivity contribution in [3.05, 3.63) is 101 Å². The average molecular weight is 467 g/mol. The molecule has 6 heteroatoms. The van der Waals surface area contributed by atoms with Crippen LogP contribution in [0.25, 0.3) is 10.9 Å². The molecule has 5 rings (SSSR count). The van der Waals surface area contributed by atoms with Crippen LogP contribution in [0.2, 0.25) is 0 Å². The molecule has 2 atom stereocenters. The van der Waals surface area contributed by atoms with Crippen LogP contribution in [0.5, 0.6) is 0 Å². The van der Waals surface area contributed by atoms with Crippen LogP contribution in [-0.4, -0.2) is 28.9 Å². The third-order valence-electron chi connectivity index (χ3n) is 6.62. The van der Waals surface area contributed by atoms with Gasteiger partial charge in [0, 0.05) is 35.8 Å². The largest absolute Gasteiger partial charge is 0.361 e. The second-order valence-corrected chi connectivity index (χ2v) is 9.40. The Hall–Kier alpha value is -3.90. The van der Waals surface area contributed by atoms with E-state index >= 15 is 0 Å². The van der Waals surface area contributed by atoms with Crippen LogP contribution in [0, 0.1) is 13.8 Å². The Morgan fingerprint density at radius 1 is 0.971 bits per heavy atom. The maximum atomic E-state index is 13.5. The molecule has 6 nitrogen and oxygen atoms in total. The number of carbonyl (C=O) groups excluding carboxylic acids is 2. The van der Waals surface area contributed by atoms with E-state index in [9.17, 15) is 9.59 Å². The summed E-state index contributed by atoms with van der Waals surface area (Å²) in [7, 11) is 0. The van der Waals surface area contributed by atoms with E-state index in [-0.39, 0.29) is 17.9 Å². The minimum absolute atomic E-state index is 0.167. The van der Waals surface area contributed by atoms with Crippen LogP contribution in [0.3, 0.4) is 0 Å². The van der Waals surface area contributed by atoms with Crippen molar-refractivity contribution in [3.63, 3.8) is 0 Å². The molecule has 178 valence electrons. The molecule has 0 aliphatic carbocycles. The number of amides is 2. The highest BCUT2D eigenvalue weighted by atomic mass is 16.2. The van der Waals surface area contributed by atoms with E-state index in [1.165, 1.54) is 11.1 Å². The van der Waals surface area contributed by atoms with Gasteiger partial charge in [-0.2, -0.15) is 0 Å². The number of hydrogen-bond acceptors (Lipinski definition) is 3. The molecule has 0 spiro atoms. The molecule has 0 saturated carbocycles. The molecule has 4 N–H and O–H groups in total. The summed E-state index contributed by atoms with van der Waals surface area (Å²) in [5, 5.41) is 10.4. The second kappa shape index (κ2) is 9.76. The monoisotopic (exact) mass is 466 g/mol. The lowest BCUT2D eigenvalue weighted by molar-refractivity contribution is -0.128. The average Bonchev–Trinajstić information content (AvgIpc) is 3.25. The summed E-state index contributed by atoms with van der Waals surface area (Å²) in [5.74, 6) is -0.398. The number of aryl methyl sites for hydroxylation is 2. The van der Waals surface area contributed by atoms with E-state index in [4.69, 9.17) is 0 Å². The molecule has 0 bridgehead atoms. The van der Waals surface area contributed by atoms with Gasteiger partial charge < -0.3 is 20.9 Å². The van der Waals surface area contributed by atoms with Gasteiger partial charge >= 0.3 is 0 Å². The lowest BCUT2D eigenvalue weighted by Gasteiger charge is -2.27. The third-order valence-corrected chi connectivity index (χ3v) is 6.62. The van der Waals surface area contributed by atoms with Crippen molar-refractivity contribution < 1.29 is 9.59 Å². The van der Waals surface area contributed by atoms with Crippen molar-refractivity contribution in [1.82, 2.24) is 15.6 Å². The molecule has 35 heavy (non-hydrogen) atoms. The van der Waals surface area contributed by atoms with E-state index in [1.807, 2.05) is 68.6 Å². The highest BCUT2D eigenvalue weighted by molar-refractivity contribution is 5.98. The van der Waals surface area contributed by atoms with Gasteiger partial charge in [0.15, 0.2) is 0 Å². The molecule has 1 aliphatic rings. The number of anilines is 1. The highest BCUT2D eigenvalue weighted by Gasteiger charge is 2.29. The first kappa shape index (κ1) is 22.9. The van der Waals surface area contributed by atoms with Gasteiger partial charge in [0.25, 0.3) is 0 Å². The maximum Gasteiger partial charge on any atom is 0.247 e. The van der Waals surface area contributed by atoms with Gasteiger partial charge in [-0.3, -0.25) is 9.59 Å². The molecule has 4 aromatic rings. The molecule has 1 aromatic heterocycles. The van der Waals surface area contributed by atoms with Gasteiger partial charge in [-0.1, -0.05) is 48.5 Å². The van der Waals surface area contributed by atoms with E-state index in [2.05, 4.69) is 39.1 Å². The van der Waals surface area contributed by atoms with Gasteiger partial charge in [-0.05, 0) is 66.3 Å². The summed E-state index contributed by atoms with van der Waals surface area (Å²) in [6, 6.07) is 21.0. The van der Waals surface area contributed by atoms with E-state index in [0.29, 0.717) is 19.4 Å². The zero-order valence-electron chi connectivity index (χ0n) is 20.0. The molecule has 3 aromatic carbocycles. The number of aromatic nitrogens is 1. The van der Waals surface area contributed by atoms with E-state index in [1.54, 1.807) is 0 Å². The summed E-state index contributed by atoms with van der Waals surface area (Å²) in [4.78, 5) is 30.0. The Morgan fingerprint density at radius 2 is 1.69 bits per heavy atom. The zero-order chi connectivity index (χ0) is 24.4. The Labute approximate surface area is 205 Å². The first-order valence-corrected chi connectivity index (χ1v) is 12.0. The minimum atomic E-state index is -0.721. The van der Waals surface area contributed by atoms with Crippen molar-refractivity contribution in [2.45, 2.75) is 45.3 Å². The number of carbonyl (C=O) groups is 2. The van der Waals surface area contributed by atoms with Crippen LogP contribution < -0.4 is 16.0 Å². The molecule has 0 radical (unpaired) electrons. The van der Waals surface area contributed by atoms with Gasteiger partial charge in [0.05, 0.1) is 6.04 Å². The molecular weight excluding hydrogens is 436 g/mol. The maximum absolute atomic E-state index is 13.5. The Kier molecular flexibility index (Phi) is 6.38. The minimum Gasteiger partial charge on any atom is -0.361 e. The van der Waals surface area contributed by atoms with Crippen molar-refractivity contribution >= 4 is 28.4 Å². The van der Waals surface area contributed by atoms with Crippen molar-refractivity contribution in [2.24, 2.45) is 0 Å². The normalized spacial score (nSPS) is 15.9. The zero-order valence-corrected chi connectivity index (χ0v) is 20.0. The molecule has 0 fully saturated rings. The van der Waals surface area contributed by atoms with Crippen LogP contribution in [0.1, 0.15) is 27.8 Å². The van der Waals surface area contributed by atoms with Gasteiger partial charge in [0.1, 0.15) is 6.04 Å². The SMILES string of the molecule is Cc1cc(C)cc(NC(=O)C(Cc2c[nH]c3ccccc23)NC(=O)C2Cc3ccccc3CN2)c1. The Morgan fingerprint density at radius 3 is 2.49 bits per heavy atom. The fourth-order valence-corrected chi connectivity index (χ4v) is 4.92. The lowest BCUT2D eigenvalue weighted by Crippen LogP contribution is -2.53. The quantitative estimate of drug-likeness (QED) is 0.344. The molecule has 2 amide bonds. The summed E-state index contributed by atoms with van der Waals surface area (Å²) < 4.78 is 0. The predicted octanol–water partition coefficient (Wildman–Crippen LogP) is 4.17. The van der Waals surface area contributed by atoms with Crippen molar-refractivity contribution in [2.75, 3.05) is 5.32 Å². The Balaban J connectivity index is 1.38. The number of benzene rings is 3. The van der Waals surface area contributed by atoms with Gasteiger partial charge in [-0.25, -0.2) is 0 Å². The molecular formula is C29H30N4O2. The number of nitrogens with one attached hydrogen (secondary N) is 4. The number of aromatic amines is 1. The number of fused-ring (bicyclic) bond motifs is 2. The number of hydrogen-bond donors (Lipinski definition) is 4. The second-order valence-electron chi connectivity index (χ2n) is 9.40. The summed E-state index contributed by atoms with van der Waals surface area (Å²) in [5.41, 5.74) is 7.25. The summed E-state index contributed by atoms with van der Waals surface area (Å²) in [6.45, 7) is 4.64. The van der Waals surface area contributed by atoms with Crippen LogP contribution in [-0.2, 0) is 29.0 Å². The molecule has 2 heterocycles. The van der Waals surface area contributed by atoms with E-state index < -0.39 is 6.04 Å². The van der Waals surface area contributed by atoms with Crippen LogP contribution >= 0.6 is 0 Å². The number of para-hydroxylation sites is 1. The number of H-pyrrole nitrogens is 1. The number of rotatable bonds is 6. The molecule has 2 unspecified atom stereocenters. The predicted molar refractivity (Wildman–Crippen MR) is 139 cm³/mol. The van der Waals surface area contributed by atoms with Crippen LogP contribution in [0.15, 0.2) is 72.9 Å². The third kappa shape index (κ3) is 5.12. The molecule has 0 saturated heterocycles. The molecule has 1 aliphatic heterocycles. The fourth-order valence-electron chi connectivity index (χ4n) is 4.92. The topological polar surface area (TPSA) is 86.0 Å². The smallest absolute Gasteiger partial charge is 0.247 e. The standard InChI is InChI=1S/C29H30N4O2/c1-18-11-19(2)13-23(12-18)32-29(35)27(15-22-17-30-25-10-6-5-9-24(22)25)33-28(34)26-14-20-7-3-4-8-21(20)16-31-26/h3-13,17,26-27,30-31H,14-16H2,1-2H3,(H,32,35)(H,33,34). The van der Waals surface area contributed by atoms with E-state index in [0.717, 1.165) is 33.3 Å². The van der Waals surface area contributed by atoms with Crippen molar-refractivity contribution in [3.8, 4) is 0 Å². The van der Waals surface area contributed by atoms with Crippen LogP contribution in [0.4, 0.5) is 5.69 Å².